The Balaban J connectivity index is 1.70. The molecular formula is C16H12Cl2N2OS. The number of amides is 1. The summed E-state index contributed by atoms with van der Waals surface area (Å²) in [5.74, 6) is -0.0207. The van der Waals surface area contributed by atoms with Gasteiger partial charge in [-0.25, -0.2) is 4.99 Å². The topological polar surface area (TPSA) is 41.5 Å². The smallest absolute Gasteiger partial charge is 0.239 e. The van der Waals surface area contributed by atoms with E-state index in [9.17, 15) is 4.79 Å². The van der Waals surface area contributed by atoms with E-state index >= 15 is 0 Å². The highest BCUT2D eigenvalue weighted by Crippen LogP contribution is 2.26. The molecule has 1 aliphatic rings. The fourth-order valence-electron chi connectivity index (χ4n) is 2.06. The zero-order chi connectivity index (χ0) is 15.5. The van der Waals surface area contributed by atoms with Crippen LogP contribution in [0.3, 0.4) is 0 Å². The number of carbonyl (C=O) groups is 1. The van der Waals surface area contributed by atoms with Crippen molar-refractivity contribution in [3.8, 4) is 0 Å². The van der Waals surface area contributed by atoms with Crippen LogP contribution in [0.25, 0.3) is 0 Å². The number of thioether (sulfide) groups is 1. The summed E-state index contributed by atoms with van der Waals surface area (Å²) in [7, 11) is 0. The number of benzene rings is 2. The minimum atomic E-state index is -0.174. The van der Waals surface area contributed by atoms with E-state index in [2.05, 4.69) is 10.3 Å². The van der Waals surface area contributed by atoms with Gasteiger partial charge in [0.15, 0.2) is 5.17 Å². The molecule has 0 aromatic heterocycles. The lowest BCUT2D eigenvalue weighted by Gasteiger charge is -2.05. The molecule has 1 heterocycles. The zero-order valence-electron chi connectivity index (χ0n) is 11.4. The molecule has 1 fully saturated rings. The molecular weight excluding hydrogens is 339 g/mol. The first-order valence-corrected chi connectivity index (χ1v) is 8.30. The second-order valence-electron chi connectivity index (χ2n) is 4.82. The van der Waals surface area contributed by atoms with Crippen molar-refractivity contribution in [3.05, 3.63) is 64.1 Å². The minimum Gasteiger partial charge on any atom is -0.304 e. The molecule has 6 heteroatoms. The average molecular weight is 351 g/mol. The molecule has 3 rings (SSSR count). The molecule has 1 saturated heterocycles. The van der Waals surface area contributed by atoms with Crippen LogP contribution >= 0.6 is 35.0 Å². The van der Waals surface area contributed by atoms with Gasteiger partial charge in [-0.2, -0.15) is 0 Å². The first-order valence-electron chi connectivity index (χ1n) is 6.66. The van der Waals surface area contributed by atoms with Crippen LogP contribution in [-0.2, 0) is 11.2 Å². The summed E-state index contributed by atoms with van der Waals surface area (Å²) >= 11 is 13.2. The van der Waals surface area contributed by atoms with Gasteiger partial charge >= 0.3 is 0 Å². The lowest BCUT2D eigenvalue weighted by atomic mass is 10.1. The number of aliphatic imine (C=N–C) groups is 1. The Labute approximate surface area is 142 Å². The van der Waals surface area contributed by atoms with Crippen molar-refractivity contribution in [2.45, 2.75) is 11.7 Å². The van der Waals surface area contributed by atoms with E-state index in [-0.39, 0.29) is 11.2 Å². The first kappa shape index (κ1) is 15.4. The van der Waals surface area contributed by atoms with Gasteiger partial charge in [0.05, 0.1) is 10.9 Å². The molecule has 2 aromatic rings. The summed E-state index contributed by atoms with van der Waals surface area (Å²) in [5, 5.41) is 4.61. The van der Waals surface area contributed by atoms with Gasteiger partial charge in [-0.05, 0) is 48.4 Å². The summed E-state index contributed by atoms with van der Waals surface area (Å²) in [5.41, 5.74) is 1.84. The van der Waals surface area contributed by atoms with E-state index in [4.69, 9.17) is 23.2 Å². The van der Waals surface area contributed by atoms with Crippen LogP contribution in [0.2, 0.25) is 10.0 Å². The summed E-state index contributed by atoms with van der Waals surface area (Å²) < 4.78 is 0. The van der Waals surface area contributed by atoms with Crippen molar-refractivity contribution in [1.29, 1.82) is 0 Å². The van der Waals surface area contributed by atoms with Crippen LogP contribution in [0, 0.1) is 0 Å². The summed E-state index contributed by atoms with van der Waals surface area (Å²) in [6.07, 6.45) is 0.646. The molecule has 2 aromatic carbocycles. The maximum absolute atomic E-state index is 12.0. The van der Waals surface area contributed by atoms with Gasteiger partial charge in [0.25, 0.3) is 0 Å². The molecule has 0 spiro atoms. The number of hydrogen-bond acceptors (Lipinski definition) is 3. The largest absolute Gasteiger partial charge is 0.304 e. The number of rotatable bonds is 3. The number of amidine groups is 1. The molecule has 0 aliphatic carbocycles. The predicted octanol–water partition coefficient (Wildman–Crippen LogP) is 4.46. The predicted molar refractivity (Wildman–Crippen MR) is 93.2 cm³/mol. The van der Waals surface area contributed by atoms with Crippen LogP contribution in [-0.4, -0.2) is 16.3 Å². The summed E-state index contributed by atoms with van der Waals surface area (Å²) in [4.78, 5) is 16.5. The van der Waals surface area contributed by atoms with Crippen molar-refractivity contribution >= 4 is 51.7 Å². The fraction of sp³-hybridized carbons (Fsp3) is 0.125. The maximum Gasteiger partial charge on any atom is 0.239 e. The Hall–Kier alpha value is -1.49. The molecule has 1 atom stereocenters. The molecule has 3 nitrogen and oxygen atoms in total. The van der Waals surface area contributed by atoms with Crippen molar-refractivity contribution in [2.75, 3.05) is 0 Å². The molecule has 0 saturated carbocycles. The number of carbonyl (C=O) groups excluding carboxylic acids is 1. The van der Waals surface area contributed by atoms with Crippen molar-refractivity contribution < 1.29 is 4.79 Å². The highest BCUT2D eigenvalue weighted by molar-refractivity contribution is 8.15. The third kappa shape index (κ3) is 3.83. The Bertz CT molecular complexity index is 714. The Morgan fingerprint density at radius 2 is 1.59 bits per heavy atom. The van der Waals surface area contributed by atoms with E-state index < -0.39 is 0 Å². The lowest BCUT2D eigenvalue weighted by Crippen LogP contribution is -2.25. The quantitative estimate of drug-likeness (QED) is 0.887. The van der Waals surface area contributed by atoms with Gasteiger partial charge in [-0.3, -0.25) is 4.79 Å². The molecule has 0 radical (unpaired) electrons. The van der Waals surface area contributed by atoms with Crippen LogP contribution in [0.1, 0.15) is 5.56 Å². The van der Waals surface area contributed by atoms with E-state index in [0.717, 1.165) is 11.3 Å². The number of nitrogens with one attached hydrogen (secondary N) is 1. The molecule has 22 heavy (non-hydrogen) atoms. The van der Waals surface area contributed by atoms with Gasteiger partial charge in [-0.1, -0.05) is 47.1 Å². The van der Waals surface area contributed by atoms with Gasteiger partial charge in [0, 0.05) is 10.0 Å². The molecule has 1 aliphatic heterocycles. The number of halogens is 2. The Morgan fingerprint density at radius 1 is 1.00 bits per heavy atom. The monoisotopic (exact) mass is 350 g/mol. The van der Waals surface area contributed by atoms with Crippen molar-refractivity contribution in [1.82, 2.24) is 5.32 Å². The molecule has 112 valence electrons. The minimum absolute atomic E-state index is 0.0207. The zero-order valence-corrected chi connectivity index (χ0v) is 13.8. The van der Waals surface area contributed by atoms with Crippen LogP contribution in [0.4, 0.5) is 5.69 Å². The summed E-state index contributed by atoms with van der Waals surface area (Å²) in [6, 6.07) is 14.7. The molecule has 0 bridgehead atoms. The number of nitrogens with zero attached hydrogens (tertiary/aromatic N) is 1. The molecule has 1 amide bonds. The highest BCUT2D eigenvalue weighted by Gasteiger charge is 2.30. The van der Waals surface area contributed by atoms with Gasteiger partial charge in [0.2, 0.25) is 5.91 Å². The van der Waals surface area contributed by atoms with E-state index in [1.165, 1.54) is 11.8 Å². The molecule has 1 unspecified atom stereocenters. The third-order valence-corrected chi connectivity index (χ3v) is 4.75. The third-order valence-electron chi connectivity index (χ3n) is 3.17. The van der Waals surface area contributed by atoms with Crippen LogP contribution in [0.15, 0.2) is 53.5 Å². The number of hydrogen-bond donors (Lipinski definition) is 1. The average Bonchev–Trinajstić information content (AvgIpc) is 2.84. The summed E-state index contributed by atoms with van der Waals surface area (Å²) in [6.45, 7) is 0. The van der Waals surface area contributed by atoms with Crippen LogP contribution in [0.5, 0.6) is 0 Å². The normalized spacial score (nSPS) is 19.5. The van der Waals surface area contributed by atoms with Gasteiger partial charge in [-0.15, -0.1) is 0 Å². The van der Waals surface area contributed by atoms with Crippen molar-refractivity contribution in [2.24, 2.45) is 4.99 Å². The van der Waals surface area contributed by atoms with E-state index in [1.54, 1.807) is 12.1 Å². The fourth-order valence-corrected chi connectivity index (χ4v) is 3.34. The van der Waals surface area contributed by atoms with Gasteiger partial charge < -0.3 is 5.32 Å². The lowest BCUT2D eigenvalue weighted by molar-refractivity contribution is -0.118. The second-order valence-corrected chi connectivity index (χ2v) is 6.88. The Kier molecular flexibility index (Phi) is 4.71. The molecule has 1 N–H and O–H groups in total. The first-order chi connectivity index (χ1) is 10.6. The second kappa shape index (κ2) is 6.73. The Morgan fingerprint density at radius 3 is 2.23 bits per heavy atom. The SMILES string of the molecule is O=C1NC(=Nc2ccc(Cl)cc2)SC1Cc1ccc(Cl)cc1. The standard InChI is InChI=1S/C16H12Cl2N2OS/c17-11-3-1-10(2-4-11)9-14-15(21)20-16(22-14)19-13-7-5-12(18)6-8-13/h1-8,14H,9H2,(H,19,20,21). The van der Waals surface area contributed by atoms with Crippen molar-refractivity contribution in [3.63, 3.8) is 0 Å². The van der Waals surface area contributed by atoms with E-state index in [0.29, 0.717) is 21.6 Å². The van der Waals surface area contributed by atoms with Gasteiger partial charge in [0.1, 0.15) is 0 Å². The van der Waals surface area contributed by atoms with Crippen LogP contribution < -0.4 is 5.32 Å². The maximum atomic E-state index is 12.0. The van der Waals surface area contributed by atoms with E-state index in [1.807, 2.05) is 36.4 Å². The highest BCUT2D eigenvalue weighted by atomic mass is 35.5.